The lowest BCUT2D eigenvalue weighted by atomic mass is 9.88. The van der Waals surface area contributed by atoms with Gasteiger partial charge in [-0.1, -0.05) is 84.0 Å². The van der Waals surface area contributed by atoms with Crippen LogP contribution in [0, 0.1) is 5.92 Å². The zero-order valence-corrected chi connectivity index (χ0v) is 21.3. The van der Waals surface area contributed by atoms with Gasteiger partial charge in [-0.25, -0.2) is 0 Å². The van der Waals surface area contributed by atoms with E-state index in [1.54, 1.807) is 24.3 Å². The van der Waals surface area contributed by atoms with Crippen LogP contribution in [0.15, 0.2) is 47.0 Å². The highest BCUT2D eigenvalue weighted by molar-refractivity contribution is 6.55. The average molecular weight is 541 g/mol. The summed E-state index contributed by atoms with van der Waals surface area (Å²) >= 11 is 29.5. The lowest BCUT2D eigenvalue weighted by Crippen LogP contribution is -2.21. The molecule has 32 heavy (non-hydrogen) atoms. The summed E-state index contributed by atoms with van der Waals surface area (Å²) < 4.78 is 16.7. The van der Waals surface area contributed by atoms with Crippen LogP contribution in [0.1, 0.15) is 31.7 Å². The van der Waals surface area contributed by atoms with Crippen molar-refractivity contribution in [2.24, 2.45) is 5.92 Å². The third-order valence-corrected chi connectivity index (χ3v) is 5.51. The minimum atomic E-state index is -0.367. The summed E-state index contributed by atoms with van der Waals surface area (Å²) in [5.74, 6) is 0.210. The van der Waals surface area contributed by atoms with Crippen molar-refractivity contribution in [1.29, 1.82) is 0 Å². The first-order valence-electron chi connectivity index (χ1n) is 9.87. The van der Waals surface area contributed by atoms with Crippen LogP contribution in [0.25, 0.3) is 0 Å². The van der Waals surface area contributed by atoms with E-state index < -0.39 is 0 Å². The Labute approximate surface area is 213 Å². The van der Waals surface area contributed by atoms with Crippen LogP contribution >= 0.6 is 58.0 Å². The zero-order valence-electron chi connectivity index (χ0n) is 17.5. The van der Waals surface area contributed by atoms with E-state index in [0.29, 0.717) is 33.0 Å². The Morgan fingerprint density at radius 1 is 0.969 bits per heavy atom. The minimum absolute atomic E-state index is 0.0780. The summed E-state index contributed by atoms with van der Waals surface area (Å²) in [5.41, 5.74) is 0.871. The molecule has 174 valence electrons. The average Bonchev–Trinajstić information content (AvgIpc) is 2.70. The number of benzene rings is 2. The van der Waals surface area contributed by atoms with Gasteiger partial charge in [-0.2, -0.15) is 0 Å². The van der Waals surface area contributed by atoms with Gasteiger partial charge in [-0.3, -0.25) is 4.79 Å². The second-order valence-electron chi connectivity index (χ2n) is 7.16. The fourth-order valence-electron chi connectivity index (χ4n) is 2.92. The van der Waals surface area contributed by atoms with Gasteiger partial charge >= 0.3 is 5.97 Å². The SMILES string of the molecule is CC(C)C(C(=O)OCCCOc1c(Cl)cc(OCC=C(Cl)Cl)cc1Cl)c1ccc(Cl)cc1. The molecule has 0 radical (unpaired) electrons. The first-order valence-corrected chi connectivity index (χ1v) is 11.8. The highest BCUT2D eigenvalue weighted by Gasteiger charge is 2.25. The smallest absolute Gasteiger partial charge is 0.313 e. The van der Waals surface area contributed by atoms with E-state index in [-0.39, 0.29) is 42.1 Å². The van der Waals surface area contributed by atoms with Crippen LogP contribution in [-0.2, 0) is 9.53 Å². The molecule has 1 atom stereocenters. The summed E-state index contributed by atoms with van der Waals surface area (Å²) in [6.45, 7) is 4.60. The number of ether oxygens (including phenoxy) is 3. The molecule has 9 heteroatoms. The predicted molar refractivity (Wildman–Crippen MR) is 132 cm³/mol. The van der Waals surface area contributed by atoms with E-state index in [2.05, 4.69) is 0 Å². The number of carbonyl (C=O) groups excluding carboxylic acids is 1. The molecule has 0 aromatic heterocycles. The molecular formula is C23H23Cl5O4. The van der Waals surface area contributed by atoms with E-state index in [1.807, 2.05) is 26.0 Å². The standard InChI is InChI=1S/C23H23Cl5O4/c1-14(2)21(15-4-6-16(24)7-5-15)23(29)32-10-3-9-31-22-18(25)12-17(13-19(22)26)30-11-8-20(27)28/h4-8,12-14,21H,3,9-11H2,1-2H3. The number of rotatable bonds is 11. The van der Waals surface area contributed by atoms with Gasteiger partial charge in [0.15, 0.2) is 5.75 Å². The minimum Gasteiger partial charge on any atom is -0.490 e. The summed E-state index contributed by atoms with van der Waals surface area (Å²) in [6, 6.07) is 10.4. The van der Waals surface area contributed by atoms with Crippen LogP contribution < -0.4 is 9.47 Å². The summed E-state index contributed by atoms with van der Waals surface area (Å²) in [7, 11) is 0. The lowest BCUT2D eigenvalue weighted by molar-refractivity contribution is -0.146. The Morgan fingerprint density at radius 3 is 2.16 bits per heavy atom. The van der Waals surface area contributed by atoms with E-state index in [1.165, 1.54) is 6.08 Å². The Balaban J connectivity index is 1.84. The van der Waals surface area contributed by atoms with E-state index >= 15 is 0 Å². The van der Waals surface area contributed by atoms with E-state index in [4.69, 9.17) is 72.2 Å². The monoisotopic (exact) mass is 538 g/mol. The van der Waals surface area contributed by atoms with Crippen molar-refractivity contribution in [2.45, 2.75) is 26.2 Å². The van der Waals surface area contributed by atoms with E-state index in [0.717, 1.165) is 5.56 Å². The largest absolute Gasteiger partial charge is 0.490 e. The maximum Gasteiger partial charge on any atom is 0.313 e. The van der Waals surface area contributed by atoms with Gasteiger partial charge in [0.05, 0.1) is 29.2 Å². The quantitative estimate of drug-likeness (QED) is 0.213. The third kappa shape index (κ3) is 8.57. The molecule has 0 aliphatic heterocycles. The number of esters is 1. The van der Waals surface area contributed by atoms with Crippen LogP contribution in [0.2, 0.25) is 15.1 Å². The molecule has 0 N–H and O–H groups in total. The molecule has 0 bridgehead atoms. The van der Waals surface area contributed by atoms with Crippen LogP contribution in [0.3, 0.4) is 0 Å². The summed E-state index contributed by atoms with van der Waals surface area (Å²) in [6.07, 6.45) is 1.97. The molecular weight excluding hydrogens is 518 g/mol. The fourth-order valence-corrected chi connectivity index (χ4v) is 3.75. The summed E-state index contributed by atoms with van der Waals surface area (Å²) in [5, 5.41) is 1.22. The molecule has 0 fully saturated rings. The van der Waals surface area contributed by atoms with Gasteiger partial charge in [0.2, 0.25) is 0 Å². The van der Waals surface area contributed by atoms with Crippen molar-refractivity contribution in [3.05, 3.63) is 67.6 Å². The van der Waals surface area contributed by atoms with Gasteiger partial charge in [0.1, 0.15) is 16.8 Å². The van der Waals surface area contributed by atoms with Crippen LogP contribution in [0.5, 0.6) is 11.5 Å². The molecule has 2 aromatic rings. The fraction of sp³-hybridized carbons (Fsp3) is 0.348. The van der Waals surface area contributed by atoms with Gasteiger partial charge in [-0.05, 0) is 29.7 Å². The van der Waals surface area contributed by atoms with Crippen molar-refractivity contribution in [3.63, 3.8) is 0 Å². The molecule has 0 aliphatic rings. The van der Waals surface area contributed by atoms with Gasteiger partial charge < -0.3 is 14.2 Å². The molecule has 2 rings (SSSR count). The number of hydrogen-bond acceptors (Lipinski definition) is 4. The van der Waals surface area contributed by atoms with Crippen molar-refractivity contribution < 1.29 is 19.0 Å². The second kappa shape index (κ2) is 13.4. The highest BCUT2D eigenvalue weighted by atomic mass is 35.5. The zero-order chi connectivity index (χ0) is 23.7. The maximum atomic E-state index is 12.6. The van der Waals surface area contributed by atoms with Crippen molar-refractivity contribution in [1.82, 2.24) is 0 Å². The maximum absolute atomic E-state index is 12.6. The Kier molecular flexibility index (Phi) is 11.3. The molecule has 0 saturated carbocycles. The molecule has 0 heterocycles. The van der Waals surface area contributed by atoms with Crippen molar-refractivity contribution >= 4 is 64.0 Å². The summed E-state index contributed by atoms with van der Waals surface area (Å²) in [4.78, 5) is 12.6. The van der Waals surface area contributed by atoms with Crippen LogP contribution in [-0.4, -0.2) is 25.8 Å². The molecule has 0 spiro atoms. The Morgan fingerprint density at radius 2 is 1.59 bits per heavy atom. The topological polar surface area (TPSA) is 44.8 Å². The van der Waals surface area contributed by atoms with Gasteiger partial charge in [0.25, 0.3) is 0 Å². The third-order valence-electron chi connectivity index (χ3n) is 4.39. The molecule has 4 nitrogen and oxygen atoms in total. The molecule has 0 amide bonds. The predicted octanol–water partition coefficient (Wildman–Crippen LogP) is 8.10. The number of hydrogen-bond donors (Lipinski definition) is 0. The van der Waals surface area contributed by atoms with Crippen LogP contribution in [0.4, 0.5) is 0 Å². The Bertz CT molecular complexity index is 901. The molecule has 2 aromatic carbocycles. The van der Waals surface area contributed by atoms with Gasteiger partial charge in [-0.15, -0.1) is 0 Å². The highest BCUT2D eigenvalue weighted by Crippen LogP contribution is 2.37. The number of halogens is 5. The first kappa shape index (κ1) is 26.9. The molecule has 1 unspecified atom stereocenters. The Hall–Kier alpha value is -1.30. The molecule has 0 saturated heterocycles. The number of carbonyl (C=O) groups is 1. The lowest BCUT2D eigenvalue weighted by Gasteiger charge is -2.20. The van der Waals surface area contributed by atoms with Gasteiger partial charge in [0, 0.05) is 23.6 Å². The normalized spacial score (nSPS) is 11.8. The van der Waals surface area contributed by atoms with Crippen molar-refractivity contribution in [2.75, 3.05) is 19.8 Å². The molecule has 0 aliphatic carbocycles. The van der Waals surface area contributed by atoms with Crippen molar-refractivity contribution in [3.8, 4) is 11.5 Å². The van der Waals surface area contributed by atoms with E-state index in [9.17, 15) is 4.79 Å². The first-order chi connectivity index (χ1) is 15.2. The second-order valence-corrected chi connectivity index (χ2v) is 9.42.